The SMILES string of the molecule is Cc1ccc(C)c(CC(=O)Nc2ncn(Cc3cccc(Br)c3)n2)c1. The van der Waals surface area contributed by atoms with Gasteiger partial charge in [-0.05, 0) is 42.7 Å². The summed E-state index contributed by atoms with van der Waals surface area (Å²) in [5.74, 6) is 0.208. The van der Waals surface area contributed by atoms with Gasteiger partial charge in [-0.3, -0.25) is 10.1 Å². The molecule has 0 aliphatic rings. The molecule has 0 saturated heterocycles. The lowest BCUT2D eigenvalue weighted by atomic mass is 10.0. The lowest BCUT2D eigenvalue weighted by molar-refractivity contribution is -0.115. The van der Waals surface area contributed by atoms with Crippen molar-refractivity contribution < 1.29 is 4.79 Å². The highest BCUT2D eigenvalue weighted by atomic mass is 79.9. The molecule has 3 aromatic rings. The quantitative estimate of drug-likeness (QED) is 0.708. The van der Waals surface area contributed by atoms with Gasteiger partial charge in [-0.1, -0.05) is 51.8 Å². The third-order valence-electron chi connectivity index (χ3n) is 3.88. The Bertz CT molecular complexity index is 904. The van der Waals surface area contributed by atoms with E-state index in [1.165, 1.54) is 0 Å². The van der Waals surface area contributed by atoms with Crippen LogP contribution < -0.4 is 5.32 Å². The lowest BCUT2D eigenvalue weighted by Gasteiger charge is -2.06. The summed E-state index contributed by atoms with van der Waals surface area (Å²) in [5, 5.41) is 7.08. The molecule has 2 aromatic carbocycles. The van der Waals surface area contributed by atoms with Crippen LogP contribution in [0.3, 0.4) is 0 Å². The van der Waals surface area contributed by atoms with Crippen LogP contribution in [0.25, 0.3) is 0 Å². The number of aromatic nitrogens is 3. The summed E-state index contributed by atoms with van der Waals surface area (Å²) in [6, 6.07) is 14.1. The second-order valence-corrected chi connectivity index (χ2v) is 6.97. The lowest BCUT2D eigenvalue weighted by Crippen LogP contribution is -2.16. The van der Waals surface area contributed by atoms with Gasteiger partial charge in [0.2, 0.25) is 11.9 Å². The second-order valence-electron chi connectivity index (χ2n) is 6.05. The highest BCUT2D eigenvalue weighted by Gasteiger charge is 2.10. The summed E-state index contributed by atoms with van der Waals surface area (Å²) in [7, 11) is 0. The zero-order chi connectivity index (χ0) is 17.8. The van der Waals surface area contributed by atoms with E-state index in [9.17, 15) is 4.79 Å². The molecule has 128 valence electrons. The molecule has 25 heavy (non-hydrogen) atoms. The van der Waals surface area contributed by atoms with E-state index in [-0.39, 0.29) is 5.91 Å². The fraction of sp³-hybridized carbons (Fsp3) is 0.211. The molecule has 5 nitrogen and oxygen atoms in total. The molecule has 1 heterocycles. The summed E-state index contributed by atoms with van der Waals surface area (Å²) < 4.78 is 2.72. The Morgan fingerprint density at radius 1 is 1.20 bits per heavy atom. The molecule has 0 saturated carbocycles. The molecule has 3 rings (SSSR count). The van der Waals surface area contributed by atoms with Crippen LogP contribution in [0.2, 0.25) is 0 Å². The number of hydrogen-bond donors (Lipinski definition) is 1. The first-order valence-corrected chi connectivity index (χ1v) is 8.79. The van der Waals surface area contributed by atoms with Crippen molar-refractivity contribution in [3.63, 3.8) is 0 Å². The third kappa shape index (κ3) is 4.76. The summed E-state index contributed by atoms with van der Waals surface area (Å²) in [6.45, 7) is 4.62. The van der Waals surface area contributed by atoms with Crippen molar-refractivity contribution >= 4 is 27.8 Å². The number of anilines is 1. The molecule has 0 aliphatic heterocycles. The van der Waals surface area contributed by atoms with Crippen molar-refractivity contribution in [3.05, 3.63) is 75.5 Å². The highest BCUT2D eigenvalue weighted by molar-refractivity contribution is 9.10. The largest absolute Gasteiger partial charge is 0.293 e. The monoisotopic (exact) mass is 398 g/mol. The number of benzene rings is 2. The first-order chi connectivity index (χ1) is 12.0. The fourth-order valence-corrected chi connectivity index (χ4v) is 3.03. The van der Waals surface area contributed by atoms with E-state index in [4.69, 9.17) is 0 Å². The van der Waals surface area contributed by atoms with Crippen LogP contribution >= 0.6 is 15.9 Å². The van der Waals surface area contributed by atoms with Crippen molar-refractivity contribution in [2.24, 2.45) is 0 Å². The van der Waals surface area contributed by atoms with Crippen LogP contribution in [-0.4, -0.2) is 20.7 Å². The molecule has 1 N–H and O–H groups in total. The third-order valence-corrected chi connectivity index (χ3v) is 4.37. The number of carbonyl (C=O) groups excluding carboxylic acids is 1. The number of amides is 1. The average molecular weight is 399 g/mol. The smallest absolute Gasteiger partial charge is 0.248 e. The summed E-state index contributed by atoms with van der Waals surface area (Å²) in [6.07, 6.45) is 1.93. The number of rotatable bonds is 5. The molecule has 0 atom stereocenters. The van der Waals surface area contributed by atoms with Gasteiger partial charge in [-0.25, -0.2) is 9.67 Å². The Kier molecular flexibility index (Phi) is 5.28. The summed E-state index contributed by atoms with van der Waals surface area (Å²) in [5.41, 5.74) is 4.37. The standard InChI is InChI=1S/C19H19BrN4O/c1-13-6-7-14(2)16(8-13)10-18(25)22-19-21-12-24(23-19)11-15-4-3-5-17(20)9-15/h3-9,12H,10-11H2,1-2H3,(H,22,23,25). The van der Waals surface area contributed by atoms with Crippen molar-refractivity contribution in [3.8, 4) is 0 Å². The van der Waals surface area contributed by atoms with Crippen molar-refractivity contribution in [1.29, 1.82) is 0 Å². The van der Waals surface area contributed by atoms with Gasteiger partial charge < -0.3 is 0 Å². The van der Waals surface area contributed by atoms with Crippen LogP contribution in [0, 0.1) is 13.8 Å². The number of halogens is 1. The highest BCUT2D eigenvalue weighted by Crippen LogP contribution is 2.14. The Labute approximate surface area is 155 Å². The molecule has 0 spiro atoms. The second kappa shape index (κ2) is 7.61. The van der Waals surface area contributed by atoms with E-state index in [2.05, 4.69) is 31.3 Å². The molecule has 6 heteroatoms. The minimum atomic E-state index is -0.117. The van der Waals surface area contributed by atoms with Gasteiger partial charge in [0.25, 0.3) is 0 Å². The summed E-state index contributed by atoms with van der Waals surface area (Å²) in [4.78, 5) is 16.4. The maximum Gasteiger partial charge on any atom is 0.248 e. The predicted octanol–water partition coefficient (Wildman–Crippen LogP) is 3.89. The number of aryl methyl sites for hydroxylation is 2. The maximum atomic E-state index is 12.3. The van der Waals surface area contributed by atoms with Gasteiger partial charge >= 0.3 is 0 Å². The fourth-order valence-electron chi connectivity index (χ4n) is 2.58. The minimum absolute atomic E-state index is 0.117. The van der Waals surface area contributed by atoms with E-state index in [1.807, 2.05) is 56.3 Å². The van der Waals surface area contributed by atoms with E-state index >= 15 is 0 Å². The Morgan fingerprint density at radius 3 is 2.84 bits per heavy atom. The Balaban J connectivity index is 1.62. The van der Waals surface area contributed by atoms with Gasteiger partial charge in [0.1, 0.15) is 6.33 Å². The van der Waals surface area contributed by atoms with Crippen molar-refractivity contribution in [1.82, 2.24) is 14.8 Å². The molecule has 0 aliphatic carbocycles. The molecule has 1 aromatic heterocycles. The average Bonchev–Trinajstić information content (AvgIpc) is 2.97. The summed E-state index contributed by atoms with van der Waals surface area (Å²) >= 11 is 3.45. The van der Waals surface area contributed by atoms with Crippen LogP contribution in [0.15, 0.2) is 53.3 Å². The van der Waals surface area contributed by atoms with E-state index in [0.29, 0.717) is 18.9 Å². The minimum Gasteiger partial charge on any atom is -0.293 e. The van der Waals surface area contributed by atoms with E-state index in [1.54, 1.807) is 11.0 Å². The topological polar surface area (TPSA) is 59.8 Å². The van der Waals surface area contributed by atoms with Gasteiger partial charge in [0, 0.05) is 4.47 Å². The first kappa shape index (κ1) is 17.4. The van der Waals surface area contributed by atoms with Crippen LogP contribution in [0.1, 0.15) is 22.3 Å². The molecule has 1 amide bonds. The number of nitrogens with zero attached hydrogens (tertiary/aromatic N) is 3. The van der Waals surface area contributed by atoms with E-state index in [0.717, 1.165) is 26.7 Å². The molecular weight excluding hydrogens is 380 g/mol. The zero-order valence-electron chi connectivity index (χ0n) is 14.2. The van der Waals surface area contributed by atoms with Crippen LogP contribution in [-0.2, 0) is 17.8 Å². The molecular formula is C19H19BrN4O. The van der Waals surface area contributed by atoms with Crippen molar-refractivity contribution in [2.45, 2.75) is 26.8 Å². The molecule has 0 unspecified atom stereocenters. The van der Waals surface area contributed by atoms with Gasteiger partial charge in [-0.15, -0.1) is 5.10 Å². The van der Waals surface area contributed by atoms with Gasteiger partial charge in [-0.2, -0.15) is 0 Å². The van der Waals surface area contributed by atoms with Gasteiger partial charge in [0.15, 0.2) is 0 Å². The normalized spacial score (nSPS) is 10.7. The number of nitrogens with one attached hydrogen (secondary N) is 1. The number of carbonyl (C=O) groups is 1. The van der Waals surface area contributed by atoms with Gasteiger partial charge in [0.05, 0.1) is 13.0 Å². The van der Waals surface area contributed by atoms with E-state index < -0.39 is 0 Å². The first-order valence-electron chi connectivity index (χ1n) is 7.99. The van der Waals surface area contributed by atoms with Crippen LogP contribution in [0.4, 0.5) is 5.95 Å². The molecule has 0 radical (unpaired) electrons. The van der Waals surface area contributed by atoms with Crippen molar-refractivity contribution in [2.75, 3.05) is 5.32 Å². The molecule has 0 fully saturated rings. The predicted molar refractivity (Wildman–Crippen MR) is 102 cm³/mol. The number of hydrogen-bond acceptors (Lipinski definition) is 3. The van der Waals surface area contributed by atoms with Crippen LogP contribution in [0.5, 0.6) is 0 Å². The zero-order valence-corrected chi connectivity index (χ0v) is 15.7. The maximum absolute atomic E-state index is 12.3. The Morgan fingerprint density at radius 2 is 2.04 bits per heavy atom. The molecule has 0 bridgehead atoms. The Hall–Kier alpha value is -2.47.